The predicted octanol–water partition coefficient (Wildman–Crippen LogP) is 1.58. The molecule has 0 aromatic heterocycles. The molecule has 0 rings (SSSR count). The standard InChI is InChI=1S/C3H4IN/c4-2-1-3-5/h1-3,5H/b2-1-,5-3?. The van der Waals surface area contributed by atoms with Crippen LogP contribution in [-0.2, 0) is 0 Å². The van der Waals surface area contributed by atoms with Gasteiger partial charge >= 0.3 is 0 Å². The van der Waals surface area contributed by atoms with Crippen molar-refractivity contribution >= 4 is 28.8 Å². The summed E-state index contributed by atoms with van der Waals surface area (Å²) in [6.45, 7) is 0. The SMILES string of the molecule is N=C/C=C\I. The molecule has 0 heterocycles. The Bertz CT molecular complexity index is 48.9. The van der Waals surface area contributed by atoms with Gasteiger partial charge in [0.1, 0.15) is 0 Å². The number of hydrogen-bond donors (Lipinski definition) is 1. The number of rotatable bonds is 1. The van der Waals surface area contributed by atoms with E-state index >= 15 is 0 Å². The fourth-order valence-corrected chi connectivity index (χ4v) is 0.244. The van der Waals surface area contributed by atoms with Gasteiger partial charge in [0, 0.05) is 6.21 Å². The predicted molar refractivity (Wildman–Crippen MR) is 31.9 cm³/mol. The largest absolute Gasteiger partial charge is 0.309 e. The maximum absolute atomic E-state index is 6.39. The molecule has 0 unspecified atom stereocenters. The van der Waals surface area contributed by atoms with Gasteiger partial charge in [-0.05, 0) is 10.2 Å². The third-order valence-electron chi connectivity index (χ3n) is 0.169. The molecule has 0 fully saturated rings. The van der Waals surface area contributed by atoms with E-state index in [1.165, 1.54) is 6.21 Å². The molecule has 5 heavy (non-hydrogen) atoms. The topological polar surface area (TPSA) is 23.9 Å². The van der Waals surface area contributed by atoms with E-state index in [0.717, 1.165) is 0 Å². The van der Waals surface area contributed by atoms with Crippen LogP contribution in [0.25, 0.3) is 0 Å². The molecule has 28 valence electrons. The van der Waals surface area contributed by atoms with E-state index in [9.17, 15) is 0 Å². The lowest BCUT2D eigenvalue weighted by molar-refractivity contribution is 1.58. The summed E-state index contributed by atoms with van der Waals surface area (Å²) in [5.74, 6) is 0. The van der Waals surface area contributed by atoms with Crippen molar-refractivity contribution in [3.8, 4) is 0 Å². The molecular formula is C3H4IN. The van der Waals surface area contributed by atoms with Gasteiger partial charge in [0.15, 0.2) is 0 Å². The Hall–Kier alpha value is 0.140. The monoisotopic (exact) mass is 181 g/mol. The van der Waals surface area contributed by atoms with Gasteiger partial charge in [-0.15, -0.1) is 0 Å². The average molecular weight is 181 g/mol. The van der Waals surface area contributed by atoms with E-state index in [-0.39, 0.29) is 0 Å². The summed E-state index contributed by atoms with van der Waals surface area (Å²) in [6, 6.07) is 0. The molecule has 0 aromatic carbocycles. The molecular weight excluding hydrogens is 177 g/mol. The molecule has 0 aliphatic carbocycles. The molecule has 0 saturated heterocycles. The molecule has 0 bridgehead atoms. The van der Waals surface area contributed by atoms with Crippen molar-refractivity contribution in [2.45, 2.75) is 0 Å². The second kappa shape index (κ2) is 4.14. The Morgan fingerprint density at radius 2 is 2.20 bits per heavy atom. The average Bonchev–Trinajstić information content (AvgIpc) is 1.41. The van der Waals surface area contributed by atoms with E-state index in [4.69, 9.17) is 5.41 Å². The Labute approximate surface area is 44.7 Å². The highest BCUT2D eigenvalue weighted by Crippen LogP contribution is 1.77. The van der Waals surface area contributed by atoms with E-state index in [1.54, 1.807) is 10.2 Å². The third kappa shape index (κ3) is 4.14. The van der Waals surface area contributed by atoms with Crippen molar-refractivity contribution in [1.29, 1.82) is 5.41 Å². The zero-order valence-electron chi connectivity index (χ0n) is 2.61. The smallest absolute Gasteiger partial charge is 0.0182 e. The van der Waals surface area contributed by atoms with Crippen molar-refractivity contribution in [1.82, 2.24) is 0 Å². The quantitative estimate of drug-likeness (QED) is 0.469. The van der Waals surface area contributed by atoms with Crippen LogP contribution in [0.1, 0.15) is 0 Å². The van der Waals surface area contributed by atoms with Crippen LogP contribution in [-0.4, -0.2) is 6.21 Å². The van der Waals surface area contributed by atoms with Crippen LogP contribution in [0.15, 0.2) is 10.2 Å². The van der Waals surface area contributed by atoms with Crippen LogP contribution in [0.5, 0.6) is 0 Å². The summed E-state index contributed by atoms with van der Waals surface area (Å²) in [7, 11) is 0. The molecule has 0 amide bonds. The minimum Gasteiger partial charge on any atom is -0.309 e. The third-order valence-corrected chi connectivity index (χ3v) is 0.584. The van der Waals surface area contributed by atoms with Gasteiger partial charge in [-0.3, -0.25) is 0 Å². The highest BCUT2D eigenvalue weighted by Gasteiger charge is 1.45. The van der Waals surface area contributed by atoms with Gasteiger partial charge in [-0.1, -0.05) is 22.6 Å². The zero-order chi connectivity index (χ0) is 4.12. The number of hydrogen-bond acceptors (Lipinski definition) is 1. The molecule has 2 heteroatoms. The van der Waals surface area contributed by atoms with Crippen molar-refractivity contribution < 1.29 is 0 Å². The number of nitrogens with one attached hydrogen (secondary N) is 1. The molecule has 0 atom stereocenters. The van der Waals surface area contributed by atoms with Crippen LogP contribution in [0.2, 0.25) is 0 Å². The fourth-order valence-electron chi connectivity index (χ4n) is 0.0364. The van der Waals surface area contributed by atoms with Gasteiger partial charge in [0.05, 0.1) is 0 Å². The second-order valence-electron chi connectivity index (χ2n) is 0.485. The maximum atomic E-state index is 6.39. The summed E-state index contributed by atoms with van der Waals surface area (Å²) < 4.78 is 1.78. The molecule has 0 aromatic rings. The van der Waals surface area contributed by atoms with E-state index in [0.29, 0.717) is 0 Å². The summed E-state index contributed by atoms with van der Waals surface area (Å²) in [6.07, 6.45) is 2.90. The number of halogens is 1. The van der Waals surface area contributed by atoms with Gasteiger partial charge in [-0.2, -0.15) is 0 Å². The first-order chi connectivity index (χ1) is 2.41. The summed E-state index contributed by atoms with van der Waals surface area (Å²) in [5.41, 5.74) is 0. The fraction of sp³-hybridized carbons (Fsp3) is 0. The first kappa shape index (κ1) is 5.14. The summed E-state index contributed by atoms with van der Waals surface area (Å²) in [4.78, 5) is 0. The highest BCUT2D eigenvalue weighted by molar-refractivity contribution is 14.1. The number of allylic oxidation sites excluding steroid dienone is 1. The molecule has 0 spiro atoms. The Balaban J connectivity index is 2.92. The normalized spacial score (nSPS) is 9.00. The van der Waals surface area contributed by atoms with Crippen LogP contribution in [0, 0.1) is 5.41 Å². The highest BCUT2D eigenvalue weighted by atomic mass is 127. The van der Waals surface area contributed by atoms with Crippen molar-refractivity contribution in [3.63, 3.8) is 0 Å². The minimum absolute atomic E-state index is 1.24. The van der Waals surface area contributed by atoms with Gasteiger partial charge in [0.25, 0.3) is 0 Å². The lowest BCUT2D eigenvalue weighted by Gasteiger charge is -1.53. The van der Waals surface area contributed by atoms with Crippen LogP contribution >= 0.6 is 22.6 Å². The minimum atomic E-state index is 1.24. The lowest BCUT2D eigenvalue weighted by atomic mass is 10.7. The van der Waals surface area contributed by atoms with Crippen LogP contribution in [0.4, 0.5) is 0 Å². The van der Waals surface area contributed by atoms with Crippen molar-refractivity contribution in [2.24, 2.45) is 0 Å². The van der Waals surface area contributed by atoms with E-state index in [2.05, 4.69) is 22.6 Å². The van der Waals surface area contributed by atoms with E-state index < -0.39 is 0 Å². The van der Waals surface area contributed by atoms with Gasteiger partial charge in [-0.25, -0.2) is 0 Å². The maximum Gasteiger partial charge on any atom is 0.0182 e. The van der Waals surface area contributed by atoms with Crippen molar-refractivity contribution in [3.05, 3.63) is 10.2 Å². The Kier molecular flexibility index (Phi) is 4.26. The molecule has 0 aliphatic rings. The first-order valence-electron chi connectivity index (χ1n) is 1.17. The van der Waals surface area contributed by atoms with Crippen LogP contribution in [0.3, 0.4) is 0 Å². The Morgan fingerprint density at radius 1 is 1.60 bits per heavy atom. The molecule has 0 saturated carbocycles. The zero-order valence-corrected chi connectivity index (χ0v) is 4.77. The van der Waals surface area contributed by atoms with Crippen molar-refractivity contribution in [2.75, 3.05) is 0 Å². The summed E-state index contributed by atoms with van der Waals surface area (Å²) in [5, 5.41) is 6.39. The second-order valence-corrected chi connectivity index (χ2v) is 1.20. The molecule has 0 radical (unpaired) electrons. The first-order valence-corrected chi connectivity index (χ1v) is 2.42. The summed E-state index contributed by atoms with van der Waals surface area (Å²) >= 11 is 2.06. The van der Waals surface area contributed by atoms with Crippen LogP contribution < -0.4 is 0 Å². The van der Waals surface area contributed by atoms with E-state index in [1.807, 2.05) is 0 Å². The Morgan fingerprint density at radius 3 is 2.20 bits per heavy atom. The van der Waals surface area contributed by atoms with Gasteiger partial charge in [0.2, 0.25) is 0 Å². The molecule has 0 aliphatic heterocycles. The molecule has 1 nitrogen and oxygen atoms in total. The lowest BCUT2D eigenvalue weighted by Crippen LogP contribution is -1.45. The van der Waals surface area contributed by atoms with Gasteiger partial charge < -0.3 is 5.41 Å². The molecule has 1 N–H and O–H groups in total.